The molecule has 1 heterocycles. The Bertz CT molecular complexity index is 829. The zero-order chi connectivity index (χ0) is 20.5. The van der Waals surface area contributed by atoms with Gasteiger partial charge in [-0.1, -0.05) is 31.0 Å². The van der Waals surface area contributed by atoms with Crippen LogP contribution in [0.2, 0.25) is 0 Å². The molecule has 3 rings (SSSR count). The zero-order valence-electron chi connectivity index (χ0n) is 16.9. The van der Waals surface area contributed by atoms with E-state index in [9.17, 15) is 9.59 Å². The van der Waals surface area contributed by atoms with Crippen LogP contribution in [-0.4, -0.2) is 50.1 Å². The van der Waals surface area contributed by atoms with Crippen molar-refractivity contribution in [2.24, 2.45) is 0 Å². The maximum atomic E-state index is 12.8. The van der Waals surface area contributed by atoms with Gasteiger partial charge in [0, 0.05) is 31.5 Å². The summed E-state index contributed by atoms with van der Waals surface area (Å²) in [6, 6.07) is 14.2. The van der Waals surface area contributed by atoms with Gasteiger partial charge in [0.05, 0.1) is 12.2 Å². The fourth-order valence-electron chi connectivity index (χ4n) is 3.40. The largest absolute Gasteiger partial charge is 0.490 e. The van der Waals surface area contributed by atoms with Crippen LogP contribution >= 0.6 is 0 Å². The lowest BCUT2D eigenvalue weighted by Crippen LogP contribution is -2.31. The number of rotatable bonds is 7. The predicted molar refractivity (Wildman–Crippen MR) is 113 cm³/mol. The van der Waals surface area contributed by atoms with E-state index >= 15 is 0 Å². The number of hydrogen-bond donors (Lipinski definition) is 1. The van der Waals surface area contributed by atoms with Crippen LogP contribution in [0.3, 0.4) is 0 Å². The highest BCUT2D eigenvalue weighted by Gasteiger charge is 2.18. The molecule has 0 saturated carbocycles. The Morgan fingerprint density at radius 2 is 1.72 bits per heavy atom. The Morgan fingerprint density at radius 1 is 0.966 bits per heavy atom. The summed E-state index contributed by atoms with van der Waals surface area (Å²) in [6.45, 7) is 2.39. The number of carbonyl (C=O) groups is 2. The first kappa shape index (κ1) is 20.9. The van der Waals surface area contributed by atoms with Crippen LogP contribution in [0.5, 0.6) is 5.75 Å². The highest BCUT2D eigenvalue weighted by Crippen LogP contribution is 2.21. The van der Waals surface area contributed by atoms with Gasteiger partial charge in [-0.2, -0.15) is 0 Å². The van der Waals surface area contributed by atoms with Gasteiger partial charge < -0.3 is 19.7 Å². The van der Waals surface area contributed by atoms with Crippen molar-refractivity contribution < 1.29 is 19.1 Å². The number of amides is 2. The van der Waals surface area contributed by atoms with E-state index in [1.807, 2.05) is 11.0 Å². The van der Waals surface area contributed by atoms with Crippen LogP contribution in [0.15, 0.2) is 48.5 Å². The Kier molecular flexibility index (Phi) is 7.64. The second-order valence-corrected chi connectivity index (χ2v) is 7.08. The van der Waals surface area contributed by atoms with Crippen LogP contribution < -0.4 is 10.1 Å². The van der Waals surface area contributed by atoms with E-state index in [0.29, 0.717) is 35.8 Å². The summed E-state index contributed by atoms with van der Waals surface area (Å²) in [4.78, 5) is 27.5. The van der Waals surface area contributed by atoms with Crippen LogP contribution in [0.25, 0.3) is 0 Å². The summed E-state index contributed by atoms with van der Waals surface area (Å²) in [5.74, 6) is 0.238. The number of methoxy groups -OCH3 is 1. The van der Waals surface area contributed by atoms with E-state index < -0.39 is 0 Å². The molecular formula is C23H28N2O4. The first-order valence-electron chi connectivity index (χ1n) is 10.1. The Morgan fingerprint density at radius 3 is 2.48 bits per heavy atom. The minimum Gasteiger partial charge on any atom is -0.490 e. The topological polar surface area (TPSA) is 67.9 Å². The van der Waals surface area contributed by atoms with Crippen LogP contribution in [0.1, 0.15) is 46.4 Å². The van der Waals surface area contributed by atoms with Crippen LogP contribution in [0.4, 0.5) is 5.69 Å². The van der Waals surface area contributed by atoms with Gasteiger partial charge in [-0.3, -0.25) is 9.59 Å². The summed E-state index contributed by atoms with van der Waals surface area (Å²) >= 11 is 0. The summed E-state index contributed by atoms with van der Waals surface area (Å²) in [6.07, 6.45) is 4.43. The van der Waals surface area contributed by atoms with Gasteiger partial charge in [0.2, 0.25) is 0 Å². The van der Waals surface area contributed by atoms with E-state index in [0.717, 1.165) is 25.9 Å². The second-order valence-electron chi connectivity index (χ2n) is 7.08. The molecule has 1 saturated heterocycles. The van der Waals surface area contributed by atoms with Gasteiger partial charge in [0.15, 0.2) is 0 Å². The van der Waals surface area contributed by atoms with Crippen molar-refractivity contribution in [3.63, 3.8) is 0 Å². The molecule has 154 valence electrons. The van der Waals surface area contributed by atoms with Crippen molar-refractivity contribution in [2.75, 3.05) is 38.7 Å². The normalized spacial score (nSPS) is 14.2. The molecule has 6 heteroatoms. The van der Waals surface area contributed by atoms with E-state index in [2.05, 4.69) is 5.32 Å². The first-order valence-corrected chi connectivity index (χ1v) is 10.1. The molecule has 0 aliphatic carbocycles. The molecule has 0 atom stereocenters. The summed E-state index contributed by atoms with van der Waals surface area (Å²) in [7, 11) is 1.60. The molecule has 0 bridgehead atoms. The molecular weight excluding hydrogens is 368 g/mol. The quantitative estimate of drug-likeness (QED) is 0.719. The molecule has 0 aromatic heterocycles. The number of anilines is 1. The smallest absolute Gasteiger partial charge is 0.259 e. The van der Waals surface area contributed by atoms with Crippen molar-refractivity contribution in [1.82, 2.24) is 4.90 Å². The first-order chi connectivity index (χ1) is 14.2. The molecule has 1 N–H and O–H groups in total. The van der Waals surface area contributed by atoms with Crippen molar-refractivity contribution >= 4 is 17.5 Å². The lowest BCUT2D eigenvalue weighted by Gasteiger charge is -2.20. The van der Waals surface area contributed by atoms with Crippen molar-refractivity contribution in [1.29, 1.82) is 0 Å². The molecule has 1 aliphatic rings. The number of nitrogens with one attached hydrogen (secondary N) is 1. The van der Waals surface area contributed by atoms with Gasteiger partial charge in [0.1, 0.15) is 12.4 Å². The number of para-hydroxylation sites is 1. The summed E-state index contributed by atoms with van der Waals surface area (Å²) in [5.41, 5.74) is 1.62. The maximum Gasteiger partial charge on any atom is 0.259 e. The van der Waals surface area contributed by atoms with Crippen LogP contribution in [-0.2, 0) is 4.74 Å². The molecule has 1 aliphatic heterocycles. The zero-order valence-corrected chi connectivity index (χ0v) is 16.9. The summed E-state index contributed by atoms with van der Waals surface area (Å²) in [5, 5.41) is 2.88. The van der Waals surface area contributed by atoms with E-state index in [-0.39, 0.29) is 11.8 Å². The molecule has 6 nitrogen and oxygen atoms in total. The molecule has 2 aromatic rings. The molecule has 0 unspecified atom stereocenters. The molecule has 2 aromatic carbocycles. The minimum absolute atomic E-state index is 0.0197. The molecule has 0 spiro atoms. The third-order valence-electron chi connectivity index (χ3n) is 4.94. The van der Waals surface area contributed by atoms with Gasteiger partial charge in [-0.25, -0.2) is 0 Å². The third-order valence-corrected chi connectivity index (χ3v) is 4.94. The highest BCUT2D eigenvalue weighted by atomic mass is 16.5. The summed E-state index contributed by atoms with van der Waals surface area (Å²) < 4.78 is 10.6. The van der Waals surface area contributed by atoms with E-state index in [1.165, 1.54) is 12.8 Å². The minimum atomic E-state index is -0.280. The fraction of sp³-hybridized carbons (Fsp3) is 0.391. The number of hydrogen-bond acceptors (Lipinski definition) is 4. The van der Waals surface area contributed by atoms with Gasteiger partial charge in [-0.05, 0) is 43.2 Å². The van der Waals surface area contributed by atoms with Gasteiger partial charge in [0.25, 0.3) is 11.8 Å². The SMILES string of the molecule is COCCOc1ccccc1C(=O)Nc1cccc(C(=O)N2CCCCCC2)c1. The number of ether oxygens (including phenoxy) is 2. The fourth-order valence-corrected chi connectivity index (χ4v) is 3.40. The lowest BCUT2D eigenvalue weighted by molar-refractivity contribution is 0.0761. The number of carbonyl (C=O) groups excluding carboxylic acids is 2. The highest BCUT2D eigenvalue weighted by molar-refractivity contribution is 6.06. The molecule has 1 fully saturated rings. The van der Waals surface area contributed by atoms with Crippen molar-refractivity contribution in [2.45, 2.75) is 25.7 Å². The molecule has 2 amide bonds. The molecule has 0 radical (unpaired) electrons. The Labute approximate surface area is 171 Å². The van der Waals surface area contributed by atoms with E-state index in [4.69, 9.17) is 9.47 Å². The monoisotopic (exact) mass is 396 g/mol. The van der Waals surface area contributed by atoms with Crippen LogP contribution in [0, 0.1) is 0 Å². The Hall–Kier alpha value is -2.86. The van der Waals surface area contributed by atoms with Crippen molar-refractivity contribution in [3.05, 3.63) is 59.7 Å². The van der Waals surface area contributed by atoms with Gasteiger partial charge >= 0.3 is 0 Å². The number of nitrogens with zero attached hydrogens (tertiary/aromatic N) is 1. The van der Waals surface area contributed by atoms with E-state index in [1.54, 1.807) is 49.6 Å². The standard InChI is InChI=1S/C23H28N2O4/c1-28-15-16-29-21-12-5-4-11-20(21)22(26)24-19-10-8-9-18(17-19)23(27)25-13-6-2-3-7-14-25/h4-5,8-12,17H,2-3,6-7,13-16H2,1H3,(H,24,26). The average molecular weight is 396 g/mol. The lowest BCUT2D eigenvalue weighted by atomic mass is 10.1. The second kappa shape index (κ2) is 10.6. The van der Waals surface area contributed by atoms with Crippen molar-refractivity contribution in [3.8, 4) is 5.75 Å². The maximum absolute atomic E-state index is 12.8. The number of likely N-dealkylation sites (tertiary alicyclic amines) is 1. The third kappa shape index (κ3) is 5.81. The molecule has 29 heavy (non-hydrogen) atoms. The number of benzene rings is 2. The van der Waals surface area contributed by atoms with Gasteiger partial charge in [-0.15, -0.1) is 0 Å². The predicted octanol–water partition coefficient (Wildman–Crippen LogP) is 3.98. The average Bonchev–Trinajstić information content (AvgIpc) is 3.03. The Balaban J connectivity index is 1.70.